The molecule has 26 heavy (non-hydrogen) atoms. The Labute approximate surface area is 154 Å². The van der Waals surface area contributed by atoms with Crippen molar-refractivity contribution in [3.8, 4) is 5.75 Å². The molecule has 0 atom stereocenters. The zero-order valence-electron chi connectivity index (χ0n) is 14.1. The average molecular weight is 392 g/mol. The maximum Gasteiger partial charge on any atom is 0.285 e. The van der Waals surface area contributed by atoms with E-state index in [0.29, 0.717) is 23.7 Å². The van der Waals surface area contributed by atoms with Crippen molar-refractivity contribution in [2.45, 2.75) is 18.4 Å². The first-order valence-corrected chi connectivity index (χ1v) is 10.1. The fourth-order valence-electron chi connectivity index (χ4n) is 2.45. The van der Waals surface area contributed by atoms with Gasteiger partial charge in [-0.15, -0.1) is 11.0 Å². The van der Waals surface area contributed by atoms with Crippen LogP contribution in [0.4, 0.5) is 4.39 Å². The van der Waals surface area contributed by atoms with Crippen LogP contribution in [0, 0.1) is 5.82 Å². The number of halogens is 1. The summed E-state index contributed by atoms with van der Waals surface area (Å²) < 4.78 is 50.3. The molecule has 1 heterocycles. The number of rotatable bonds is 6. The minimum Gasteiger partial charge on any atom is -0.494 e. The Morgan fingerprint density at radius 2 is 2.00 bits per heavy atom. The number of hydrogen-bond donors (Lipinski definition) is 0. The molecule has 0 aliphatic heterocycles. The smallest absolute Gasteiger partial charge is 0.285 e. The van der Waals surface area contributed by atoms with E-state index in [1.807, 2.05) is 25.1 Å². The predicted molar refractivity (Wildman–Crippen MR) is 100 cm³/mol. The van der Waals surface area contributed by atoms with Gasteiger partial charge in [-0.1, -0.05) is 17.4 Å². The van der Waals surface area contributed by atoms with Gasteiger partial charge in [0.15, 0.2) is 0 Å². The highest BCUT2D eigenvalue weighted by molar-refractivity contribution is 7.90. The molecule has 0 radical (unpaired) electrons. The first-order valence-electron chi connectivity index (χ1n) is 7.88. The lowest BCUT2D eigenvalue weighted by Crippen LogP contribution is -2.16. The van der Waals surface area contributed by atoms with E-state index in [1.165, 1.54) is 23.5 Å². The van der Waals surface area contributed by atoms with Crippen molar-refractivity contribution in [2.75, 3.05) is 6.61 Å². The monoisotopic (exact) mass is 392 g/mol. The highest BCUT2D eigenvalue weighted by Gasteiger charge is 2.15. The Morgan fingerprint density at radius 3 is 2.65 bits per heavy atom. The van der Waals surface area contributed by atoms with Crippen LogP contribution in [0.3, 0.4) is 0 Å². The second-order valence-electron chi connectivity index (χ2n) is 5.37. The van der Waals surface area contributed by atoms with Gasteiger partial charge in [0.25, 0.3) is 10.0 Å². The fraction of sp³-hybridized carbons (Fsp3) is 0.167. The van der Waals surface area contributed by atoms with Crippen molar-refractivity contribution in [3.63, 3.8) is 0 Å². The fourth-order valence-corrected chi connectivity index (χ4v) is 4.72. The van der Waals surface area contributed by atoms with E-state index in [4.69, 9.17) is 4.74 Å². The zero-order chi connectivity index (χ0) is 18.7. The molecule has 0 saturated heterocycles. The van der Waals surface area contributed by atoms with Gasteiger partial charge in [-0.25, -0.2) is 4.39 Å². The van der Waals surface area contributed by atoms with E-state index in [2.05, 4.69) is 11.0 Å². The molecule has 0 aliphatic rings. The summed E-state index contributed by atoms with van der Waals surface area (Å²) in [6, 6.07) is 10.1. The molecule has 0 aliphatic carbocycles. The third-order valence-corrected chi connectivity index (χ3v) is 6.02. The molecule has 1 aromatic heterocycles. The van der Waals surface area contributed by atoms with Crippen molar-refractivity contribution in [1.29, 1.82) is 0 Å². The van der Waals surface area contributed by atoms with Gasteiger partial charge in [0.05, 0.1) is 21.7 Å². The lowest BCUT2D eigenvalue weighted by atomic mass is 10.3. The number of fused-ring (bicyclic) bond motifs is 1. The molecule has 3 rings (SSSR count). The summed E-state index contributed by atoms with van der Waals surface area (Å²) in [5.41, 5.74) is 0.839. The third-order valence-electron chi connectivity index (χ3n) is 3.59. The van der Waals surface area contributed by atoms with Crippen LogP contribution in [-0.2, 0) is 16.6 Å². The summed E-state index contributed by atoms with van der Waals surface area (Å²) in [6.45, 7) is 6.57. The number of allylic oxidation sites excluding steroid dienone is 1. The van der Waals surface area contributed by atoms with E-state index in [0.717, 1.165) is 22.3 Å². The van der Waals surface area contributed by atoms with Gasteiger partial charge in [-0.05, 0) is 49.4 Å². The average Bonchev–Trinajstić information content (AvgIpc) is 2.92. The van der Waals surface area contributed by atoms with Gasteiger partial charge in [0.1, 0.15) is 11.6 Å². The van der Waals surface area contributed by atoms with Crippen molar-refractivity contribution >= 4 is 31.6 Å². The largest absolute Gasteiger partial charge is 0.494 e. The number of benzene rings is 2. The number of ether oxygens (including phenoxy) is 1. The Bertz CT molecular complexity index is 1110. The molecule has 5 nitrogen and oxygen atoms in total. The Kier molecular flexibility index (Phi) is 5.24. The molecule has 0 amide bonds. The standard InChI is InChI=1S/C18H17FN2O3S2/c1-3-11-21-16-10-7-14(24-4-2)12-17(16)25-18(21)20-26(22,23)15-8-5-13(19)6-9-15/h3,5-10,12H,1,4,11H2,2H3. The van der Waals surface area contributed by atoms with Crippen LogP contribution in [0.1, 0.15) is 6.92 Å². The SMILES string of the molecule is C=CCn1c(=NS(=O)(=O)c2ccc(F)cc2)sc2cc(OCC)ccc21. The minimum absolute atomic E-state index is 0.0588. The van der Waals surface area contributed by atoms with Gasteiger partial charge in [-0.3, -0.25) is 0 Å². The van der Waals surface area contributed by atoms with Crippen LogP contribution in [0.2, 0.25) is 0 Å². The van der Waals surface area contributed by atoms with E-state index in [1.54, 1.807) is 10.6 Å². The molecular weight excluding hydrogens is 375 g/mol. The maximum absolute atomic E-state index is 13.1. The topological polar surface area (TPSA) is 60.7 Å². The number of nitrogens with zero attached hydrogens (tertiary/aromatic N) is 2. The van der Waals surface area contributed by atoms with E-state index in [9.17, 15) is 12.8 Å². The summed E-state index contributed by atoms with van der Waals surface area (Å²) in [5.74, 6) is 0.205. The molecule has 0 spiro atoms. The minimum atomic E-state index is -3.96. The normalized spacial score (nSPS) is 12.5. The predicted octanol–water partition coefficient (Wildman–Crippen LogP) is 3.72. The summed E-state index contributed by atoms with van der Waals surface area (Å²) in [6.07, 6.45) is 1.67. The third kappa shape index (κ3) is 3.71. The Balaban J connectivity index is 2.18. The molecule has 0 saturated carbocycles. The Morgan fingerprint density at radius 1 is 1.27 bits per heavy atom. The van der Waals surface area contributed by atoms with Crippen LogP contribution in [0.15, 0.2) is 64.4 Å². The molecule has 0 bridgehead atoms. The maximum atomic E-state index is 13.1. The second kappa shape index (κ2) is 7.43. The molecule has 136 valence electrons. The van der Waals surface area contributed by atoms with Crippen LogP contribution in [0.25, 0.3) is 10.2 Å². The molecule has 0 fully saturated rings. The second-order valence-corrected chi connectivity index (χ2v) is 7.98. The summed E-state index contributed by atoms with van der Waals surface area (Å²) in [4.78, 5) is 0.259. The molecule has 0 N–H and O–H groups in total. The summed E-state index contributed by atoms with van der Waals surface area (Å²) in [7, 11) is -3.96. The van der Waals surface area contributed by atoms with Crippen molar-refractivity contribution < 1.29 is 17.5 Å². The van der Waals surface area contributed by atoms with Crippen LogP contribution >= 0.6 is 11.3 Å². The molecule has 3 aromatic rings. The molecule has 2 aromatic carbocycles. The number of sulfonamides is 1. The van der Waals surface area contributed by atoms with E-state index >= 15 is 0 Å². The molecule has 0 unspecified atom stereocenters. The lowest BCUT2D eigenvalue weighted by molar-refractivity contribution is 0.341. The van der Waals surface area contributed by atoms with Crippen LogP contribution in [-0.4, -0.2) is 19.6 Å². The van der Waals surface area contributed by atoms with Crippen molar-refractivity contribution in [3.05, 3.63) is 65.7 Å². The van der Waals surface area contributed by atoms with Crippen molar-refractivity contribution in [2.24, 2.45) is 4.40 Å². The zero-order valence-corrected chi connectivity index (χ0v) is 15.7. The summed E-state index contributed by atoms with van der Waals surface area (Å²) >= 11 is 1.24. The van der Waals surface area contributed by atoms with Gasteiger partial charge in [-0.2, -0.15) is 8.42 Å². The Hall–Kier alpha value is -2.45. The van der Waals surface area contributed by atoms with Crippen molar-refractivity contribution in [1.82, 2.24) is 4.57 Å². The van der Waals surface area contributed by atoms with Crippen LogP contribution < -0.4 is 9.54 Å². The first-order chi connectivity index (χ1) is 12.4. The van der Waals surface area contributed by atoms with Gasteiger partial charge in [0, 0.05) is 6.54 Å². The quantitative estimate of drug-likeness (QED) is 0.601. The number of hydrogen-bond acceptors (Lipinski definition) is 4. The van der Waals surface area contributed by atoms with Crippen LogP contribution in [0.5, 0.6) is 5.75 Å². The molecular formula is C18H17FN2O3S2. The summed E-state index contributed by atoms with van der Waals surface area (Å²) in [5, 5.41) is 0. The highest BCUT2D eigenvalue weighted by Crippen LogP contribution is 2.24. The lowest BCUT2D eigenvalue weighted by Gasteiger charge is -2.04. The van der Waals surface area contributed by atoms with E-state index in [-0.39, 0.29) is 4.90 Å². The first kappa shape index (κ1) is 18.3. The highest BCUT2D eigenvalue weighted by atomic mass is 32.2. The van der Waals surface area contributed by atoms with Gasteiger partial charge < -0.3 is 9.30 Å². The van der Waals surface area contributed by atoms with Gasteiger partial charge >= 0.3 is 0 Å². The van der Waals surface area contributed by atoms with Gasteiger partial charge in [0.2, 0.25) is 4.80 Å². The number of thiazole rings is 1. The van der Waals surface area contributed by atoms with E-state index < -0.39 is 15.8 Å². The number of aromatic nitrogens is 1. The molecule has 8 heteroatoms.